The van der Waals surface area contributed by atoms with Crippen LogP contribution in [-0.2, 0) is 5.60 Å². The minimum atomic E-state index is -1.03. The number of carbonyl (C=O) groups is 4. The van der Waals surface area contributed by atoms with Crippen molar-refractivity contribution in [2.45, 2.75) is 37.7 Å². The lowest BCUT2D eigenvalue weighted by molar-refractivity contribution is 0.0282. The molecule has 5 heterocycles. The molecule has 288 valence electrons. The number of Topliss-reactive ketones (excluding diaryl/α,β-unsaturated/α-hetero) is 4. The maximum atomic E-state index is 14.0. The number of ether oxygens (including phenoxy) is 1. The number of allylic oxidation sites excluding steroid dienone is 2. The number of benzene rings is 4. The van der Waals surface area contributed by atoms with Gasteiger partial charge in [0, 0.05) is 42.3 Å². The molecule has 0 atom stereocenters. The molecule has 1 saturated carbocycles. The van der Waals surface area contributed by atoms with Gasteiger partial charge >= 0.3 is 0 Å². The summed E-state index contributed by atoms with van der Waals surface area (Å²) in [5.74, 6) is -5.14. The Morgan fingerprint density at radius 2 is 0.898 bits per heavy atom. The number of thiophene rings is 4. The van der Waals surface area contributed by atoms with Gasteiger partial charge in [-0.25, -0.2) is 17.6 Å². The second-order valence-electron chi connectivity index (χ2n) is 15.4. The highest BCUT2D eigenvalue weighted by Crippen LogP contribution is 2.62. The average molecular weight is 859 g/mol. The van der Waals surface area contributed by atoms with Gasteiger partial charge in [0.25, 0.3) is 0 Å². The predicted molar refractivity (Wildman–Crippen MR) is 225 cm³/mol. The van der Waals surface area contributed by atoms with Crippen LogP contribution in [0.4, 0.5) is 17.6 Å². The molecule has 1 fully saturated rings. The van der Waals surface area contributed by atoms with Gasteiger partial charge in [-0.3, -0.25) is 19.2 Å². The highest BCUT2D eigenvalue weighted by molar-refractivity contribution is 7.35. The van der Waals surface area contributed by atoms with Crippen LogP contribution in [0.2, 0.25) is 0 Å². The van der Waals surface area contributed by atoms with E-state index in [0.717, 1.165) is 101 Å². The first-order valence-corrected chi connectivity index (χ1v) is 22.0. The second-order valence-corrected chi connectivity index (χ2v) is 19.6. The second kappa shape index (κ2) is 12.2. The van der Waals surface area contributed by atoms with Crippen molar-refractivity contribution in [1.82, 2.24) is 0 Å². The highest BCUT2D eigenvalue weighted by Gasteiger charge is 2.47. The van der Waals surface area contributed by atoms with Crippen LogP contribution in [0.15, 0.2) is 71.8 Å². The van der Waals surface area contributed by atoms with Gasteiger partial charge in [-0.15, -0.1) is 45.3 Å². The monoisotopic (exact) mass is 858 g/mol. The summed E-state index contributed by atoms with van der Waals surface area (Å²) < 4.78 is 67.1. The van der Waals surface area contributed by atoms with Crippen molar-refractivity contribution in [2.24, 2.45) is 0 Å². The zero-order chi connectivity index (χ0) is 40.2. The van der Waals surface area contributed by atoms with E-state index in [4.69, 9.17) is 4.74 Å². The Kier molecular flexibility index (Phi) is 7.33. The lowest BCUT2D eigenvalue weighted by Gasteiger charge is -2.40. The molecule has 4 aliphatic rings. The fourth-order valence-electron chi connectivity index (χ4n) is 9.14. The lowest BCUT2D eigenvalue weighted by Crippen LogP contribution is -2.37. The molecular formula is C46H22F4O5S4. The van der Waals surface area contributed by atoms with Crippen LogP contribution in [0.1, 0.15) is 88.9 Å². The Morgan fingerprint density at radius 3 is 1.36 bits per heavy atom. The molecule has 0 unspecified atom stereocenters. The Labute approximate surface area is 346 Å². The van der Waals surface area contributed by atoms with Crippen molar-refractivity contribution in [3.8, 4) is 15.5 Å². The molecule has 4 aromatic heterocycles. The van der Waals surface area contributed by atoms with Crippen LogP contribution >= 0.6 is 45.3 Å². The smallest absolute Gasteiger partial charge is 0.197 e. The third-order valence-electron chi connectivity index (χ3n) is 11.9. The van der Waals surface area contributed by atoms with Gasteiger partial charge in [-0.2, -0.15) is 0 Å². The van der Waals surface area contributed by atoms with Crippen LogP contribution in [0, 0.1) is 23.3 Å². The van der Waals surface area contributed by atoms with E-state index in [9.17, 15) is 36.7 Å². The van der Waals surface area contributed by atoms with E-state index < -0.39 is 52.0 Å². The van der Waals surface area contributed by atoms with Crippen molar-refractivity contribution in [3.05, 3.63) is 133 Å². The standard InChI is InChI=1S/C46H22F4O5S4/c47-30-10-18-6-24-25(7-19(18)11-31(30)48)38(52)28(37(24)51)14-22-16-34-42(56-22)36-44(58-34)45-41(55-46(36)4-2-1-3-5-46)43-35(59-45)17-23(57-43)15-29-39(53)26-8-20-12-32(49)33(50)13-21(20)9-27(26)40(29)54/h6-17H,1-5H2. The molecular weight excluding hydrogens is 837 g/mol. The zero-order valence-corrected chi connectivity index (χ0v) is 33.4. The molecule has 0 saturated heterocycles. The van der Waals surface area contributed by atoms with Crippen molar-refractivity contribution < 1.29 is 41.5 Å². The Morgan fingerprint density at radius 1 is 0.492 bits per heavy atom. The Bertz CT molecular complexity index is 3300. The Hall–Kier alpha value is -5.60. The topological polar surface area (TPSA) is 77.5 Å². The van der Waals surface area contributed by atoms with Crippen LogP contribution in [0.5, 0.6) is 5.75 Å². The number of rotatable bonds is 2. The normalized spacial score (nSPS) is 16.8. The fourth-order valence-corrected chi connectivity index (χ4v) is 14.5. The Balaban J connectivity index is 0.917. The first-order valence-electron chi connectivity index (χ1n) is 18.7. The number of hydrogen-bond donors (Lipinski definition) is 0. The van der Waals surface area contributed by atoms with Gasteiger partial charge in [0.2, 0.25) is 0 Å². The van der Waals surface area contributed by atoms with Crippen molar-refractivity contribution >= 4 is 121 Å². The third-order valence-corrected chi connectivity index (χ3v) is 16.8. The summed E-state index contributed by atoms with van der Waals surface area (Å²) in [7, 11) is 0. The number of ketones is 4. The number of hydrogen-bond acceptors (Lipinski definition) is 9. The molecule has 0 N–H and O–H groups in total. The van der Waals surface area contributed by atoms with Crippen LogP contribution in [0.3, 0.4) is 0 Å². The van der Waals surface area contributed by atoms with Crippen molar-refractivity contribution in [2.75, 3.05) is 0 Å². The molecule has 4 aromatic carbocycles. The number of halogens is 4. The number of fused-ring (bicyclic) bond motifs is 12. The summed E-state index contributed by atoms with van der Waals surface area (Å²) in [5.41, 5.74) is 1.22. The number of carbonyl (C=O) groups excluding carboxylic acids is 4. The van der Waals surface area contributed by atoms with Gasteiger partial charge < -0.3 is 4.74 Å². The first kappa shape index (κ1) is 35.4. The van der Waals surface area contributed by atoms with E-state index in [1.165, 1.54) is 46.9 Å². The summed E-state index contributed by atoms with van der Waals surface area (Å²) in [6.07, 6.45) is 7.88. The fraction of sp³-hybridized carbons (Fsp3) is 0.130. The minimum Gasteiger partial charge on any atom is -0.479 e. The molecule has 0 bridgehead atoms. The van der Waals surface area contributed by atoms with Crippen LogP contribution in [-0.4, -0.2) is 23.1 Å². The molecule has 12 rings (SSSR count). The first-order chi connectivity index (χ1) is 28.4. The van der Waals surface area contributed by atoms with Crippen molar-refractivity contribution in [1.29, 1.82) is 0 Å². The lowest BCUT2D eigenvalue weighted by atomic mass is 9.78. The largest absolute Gasteiger partial charge is 0.479 e. The molecule has 8 aromatic rings. The average Bonchev–Trinajstić information content (AvgIpc) is 4.04. The van der Waals surface area contributed by atoms with Gasteiger partial charge in [0.15, 0.2) is 52.2 Å². The highest BCUT2D eigenvalue weighted by atomic mass is 32.1. The molecule has 5 nitrogen and oxygen atoms in total. The van der Waals surface area contributed by atoms with Gasteiger partial charge in [0.1, 0.15) is 5.60 Å². The predicted octanol–water partition coefficient (Wildman–Crippen LogP) is 13.2. The van der Waals surface area contributed by atoms with Crippen LogP contribution < -0.4 is 4.74 Å². The van der Waals surface area contributed by atoms with Crippen molar-refractivity contribution in [3.63, 3.8) is 0 Å². The molecule has 3 aliphatic carbocycles. The van der Waals surface area contributed by atoms with E-state index in [-0.39, 0.29) is 33.4 Å². The molecule has 59 heavy (non-hydrogen) atoms. The van der Waals surface area contributed by atoms with E-state index in [0.29, 0.717) is 26.4 Å². The molecule has 0 radical (unpaired) electrons. The van der Waals surface area contributed by atoms with Gasteiger partial charge in [-0.05, 0) is 120 Å². The SMILES string of the molecule is O=C1C(=Cc2cc3sc4c(c3s2)OC2(CCCCC2)c2c-4sc3cc(C=C4C(=O)c5cc6cc(F)c(F)cc6cc5C4=O)sc23)C(=O)c2cc3cc(F)c(F)cc3cc21. The van der Waals surface area contributed by atoms with Crippen LogP contribution in [0.25, 0.3) is 62.3 Å². The van der Waals surface area contributed by atoms with E-state index >= 15 is 0 Å². The quantitative estimate of drug-likeness (QED) is 0.0983. The minimum absolute atomic E-state index is 0.000617. The molecule has 1 aliphatic heterocycles. The maximum Gasteiger partial charge on any atom is 0.197 e. The molecule has 1 spiro atoms. The zero-order valence-electron chi connectivity index (χ0n) is 30.1. The summed E-state index contributed by atoms with van der Waals surface area (Å²) in [6, 6.07) is 13.9. The summed E-state index contributed by atoms with van der Waals surface area (Å²) in [4.78, 5) is 57.8. The maximum absolute atomic E-state index is 14.0. The van der Waals surface area contributed by atoms with E-state index in [1.54, 1.807) is 34.8 Å². The summed E-state index contributed by atoms with van der Waals surface area (Å²) >= 11 is 6.20. The summed E-state index contributed by atoms with van der Waals surface area (Å²) in [5, 5.41) is 1.35. The third kappa shape index (κ3) is 4.99. The molecule has 0 amide bonds. The van der Waals surface area contributed by atoms with E-state index in [2.05, 4.69) is 0 Å². The van der Waals surface area contributed by atoms with Gasteiger partial charge in [-0.1, -0.05) is 6.42 Å². The molecule has 13 heteroatoms. The summed E-state index contributed by atoms with van der Waals surface area (Å²) in [6.45, 7) is 0. The van der Waals surface area contributed by atoms with E-state index in [1.807, 2.05) is 12.1 Å². The van der Waals surface area contributed by atoms with Gasteiger partial charge in [0.05, 0.1) is 35.0 Å².